The monoisotopic (exact) mass is 294 g/mol. The minimum Gasteiger partial charge on any atom is -0.362 e. The van der Waals surface area contributed by atoms with E-state index in [1.54, 1.807) is 6.20 Å². The summed E-state index contributed by atoms with van der Waals surface area (Å²) in [6.45, 7) is 4.98. The van der Waals surface area contributed by atoms with Gasteiger partial charge in [-0.2, -0.15) is 0 Å². The largest absolute Gasteiger partial charge is 0.362 e. The van der Waals surface area contributed by atoms with Crippen molar-refractivity contribution in [1.29, 1.82) is 0 Å². The third-order valence-electron chi connectivity index (χ3n) is 2.65. The van der Waals surface area contributed by atoms with Crippen LogP contribution in [0.15, 0.2) is 34.9 Å². The molecule has 1 atom stereocenters. The first-order chi connectivity index (χ1) is 8.20. The van der Waals surface area contributed by atoms with Gasteiger partial charge in [0.2, 0.25) is 0 Å². The Morgan fingerprint density at radius 3 is 2.71 bits per heavy atom. The van der Waals surface area contributed by atoms with Crippen molar-refractivity contribution >= 4 is 21.7 Å². The lowest BCUT2D eigenvalue weighted by molar-refractivity contribution is 0.626. The van der Waals surface area contributed by atoms with Gasteiger partial charge in [-0.15, -0.1) is 5.10 Å². The van der Waals surface area contributed by atoms with Crippen LogP contribution in [-0.2, 0) is 6.54 Å². The Balaban J connectivity index is 2.11. The average molecular weight is 295 g/mol. The maximum atomic E-state index is 3.99. The second-order valence-electron chi connectivity index (χ2n) is 3.85. The van der Waals surface area contributed by atoms with Gasteiger partial charge in [0, 0.05) is 17.1 Å². The third-order valence-corrected chi connectivity index (χ3v) is 3.18. The number of anilines is 1. The Labute approximate surface area is 109 Å². The van der Waals surface area contributed by atoms with Crippen LogP contribution < -0.4 is 5.32 Å². The van der Waals surface area contributed by atoms with Gasteiger partial charge in [0.15, 0.2) is 0 Å². The molecular formula is C12H15BrN4. The normalized spacial score (nSPS) is 12.4. The zero-order chi connectivity index (χ0) is 12.3. The fourth-order valence-corrected chi connectivity index (χ4v) is 1.92. The van der Waals surface area contributed by atoms with E-state index in [-0.39, 0.29) is 6.04 Å². The second-order valence-corrected chi connectivity index (χ2v) is 4.77. The van der Waals surface area contributed by atoms with Gasteiger partial charge in [0.05, 0.1) is 6.20 Å². The summed E-state index contributed by atoms with van der Waals surface area (Å²) in [5.41, 5.74) is 1.23. The van der Waals surface area contributed by atoms with Crippen LogP contribution in [0.2, 0.25) is 0 Å². The first kappa shape index (κ1) is 12.1. The number of hydrogen-bond acceptors (Lipinski definition) is 3. The molecule has 0 spiro atoms. The molecule has 4 nitrogen and oxygen atoms in total. The summed E-state index contributed by atoms with van der Waals surface area (Å²) >= 11 is 3.43. The number of halogens is 1. The van der Waals surface area contributed by atoms with E-state index in [2.05, 4.69) is 50.6 Å². The number of hydrogen-bond donors (Lipinski definition) is 1. The Hall–Kier alpha value is -1.36. The molecule has 17 heavy (non-hydrogen) atoms. The fraction of sp³-hybridized carbons (Fsp3) is 0.333. The Morgan fingerprint density at radius 1 is 1.35 bits per heavy atom. The minimum atomic E-state index is 0.229. The van der Waals surface area contributed by atoms with Crippen molar-refractivity contribution < 1.29 is 0 Å². The first-order valence-corrected chi connectivity index (χ1v) is 6.40. The summed E-state index contributed by atoms with van der Waals surface area (Å²) in [4.78, 5) is 0. The average Bonchev–Trinajstić information content (AvgIpc) is 2.77. The number of aryl methyl sites for hydroxylation is 1. The molecule has 0 aliphatic rings. The molecule has 0 aliphatic carbocycles. The molecule has 5 heteroatoms. The first-order valence-electron chi connectivity index (χ1n) is 5.61. The highest BCUT2D eigenvalue weighted by molar-refractivity contribution is 9.10. The van der Waals surface area contributed by atoms with Gasteiger partial charge in [0.25, 0.3) is 0 Å². The summed E-state index contributed by atoms with van der Waals surface area (Å²) < 4.78 is 2.93. The molecule has 0 saturated heterocycles. The van der Waals surface area contributed by atoms with Crippen LogP contribution in [0.4, 0.5) is 5.82 Å². The van der Waals surface area contributed by atoms with Gasteiger partial charge in [0.1, 0.15) is 5.82 Å². The van der Waals surface area contributed by atoms with Crippen molar-refractivity contribution in [1.82, 2.24) is 15.0 Å². The van der Waals surface area contributed by atoms with Crippen molar-refractivity contribution in [2.45, 2.75) is 26.4 Å². The summed E-state index contributed by atoms with van der Waals surface area (Å²) in [5, 5.41) is 11.3. The predicted molar refractivity (Wildman–Crippen MR) is 71.9 cm³/mol. The summed E-state index contributed by atoms with van der Waals surface area (Å²) in [5.74, 6) is 0.947. The number of nitrogens with one attached hydrogen (secondary N) is 1. The van der Waals surface area contributed by atoms with Crippen LogP contribution in [0.5, 0.6) is 0 Å². The summed E-state index contributed by atoms with van der Waals surface area (Å²) in [6.07, 6.45) is 1.75. The van der Waals surface area contributed by atoms with Gasteiger partial charge in [-0.05, 0) is 31.5 Å². The number of nitrogens with zero attached hydrogens (tertiary/aromatic N) is 3. The van der Waals surface area contributed by atoms with E-state index < -0.39 is 0 Å². The smallest absolute Gasteiger partial charge is 0.145 e. The van der Waals surface area contributed by atoms with E-state index in [1.807, 2.05) is 23.7 Å². The summed E-state index contributed by atoms with van der Waals surface area (Å²) in [6, 6.07) is 8.52. The molecule has 0 radical (unpaired) electrons. The number of rotatable bonds is 4. The molecule has 2 rings (SSSR count). The topological polar surface area (TPSA) is 42.7 Å². The Morgan fingerprint density at radius 2 is 2.06 bits per heavy atom. The van der Waals surface area contributed by atoms with Crippen molar-refractivity contribution in [3.05, 3.63) is 40.5 Å². The standard InChI is InChI=1S/C12H15BrN4/c1-3-17-12(8-14-16-17)15-9(2)10-4-6-11(13)7-5-10/h4-9,15H,3H2,1-2H3. The molecule has 0 aliphatic heterocycles. The molecule has 1 heterocycles. The quantitative estimate of drug-likeness (QED) is 0.941. The predicted octanol–water partition coefficient (Wildman–Crippen LogP) is 3.23. The molecule has 0 saturated carbocycles. The highest BCUT2D eigenvalue weighted by atomic mass is 79.9. The lowest BCUT2D eigenvalue weighted by Gasteiger charge is -2.15. The molecule has 90 valence electrons. The highest BCUT2D eigenvalue weighted by Crippen LogP contribution is 2.20. The van der Waals surface area contributed by atoms with Crippen LogP contribution in [0.25, 0.3) is 0 Å². The van der Waals surface area contributed by atoms with Crippen molar-refractivity contribution in [3.8, 4) is 0 Å². The lowest BCUT2D eigenvalue weighted by Crippen LogP contribution is -2.11. The minimum absolute atomic E-state index is 0.229. The van der Waals surface area contributed by atoms with Crippen molar-refractivity contribution in [2.75, 3.05) is 5.32 Å². The fourth-order valence-electron chi connectivity index (χ4n) is 1.66. The van der Waals surface area contributed by atoms with Crippen molar-refractivity contribution in [2.24, 2.45) is 0 Å². The second kappa shape index (κ2) is 5.31. The molecular weight excluding hydrogens is 280 g/mol. The molecule has 0 bridgehead atoms. The van der Waals surface area contributed by atoms with Gasteiger partial charge < -0.3 is 5.32 Å². The summed E-state index contributed by atoms with van der Waals surface area (Å²) in [7, 11) is 0. The zero-order valence-electron chi connectivity index (χ0n) is 9.89. The molecule has 1 N–H and O–H groups in total. The Bertz CT molecular complexity index is 478. The number of benzene rings is 1. The van der Waals surface area contributed by atoms with Gasteiger partial charge >= 0.3 is 0 Å². The molecule has 1 aromatic heterocycles. The maximum absolute atomic E-state index is 3.99. The van der Waals surface area contributed by atoms with E-state index in [0.717, 1.165) is 16.8 Å². The molecule has 1 unspecified atom stereocenters. The van der Waals surface area contributed by atoms with Crippen LogP contribution >= 0.6 is 15.9 Å². The SMILES string of the molecule is CCn1nncc1NC(C)c1ccc(Br)cc1. The van der Waals surface area contributed by atoms with Gasteiger partial charge in [-0.1, -0.05) is 33.3 Å². The van der Waals surface area contributed by atoms with Crippen molar-refractivity contribution in [3.63, 3.8) is 0 Å². The lowest BCUT2D eigenvalue weighted by atomic mass is 10.1. The molecule has 1 aromatic carbocycles. The van der Waals surface area contributed by atoms with Crippen LogP contribution in [0.3, 0.4) is 0 Å². The van der Waals surface area contributed by atoms with Gasteiger partial charge in [-0.3, -0.25) is 0 Å². The number of aromatic nitrogens is 3. The molecule has 0 amide bonds. The van der Waals surface area contributed by atoms with E-state index >= 15 is 0 Å². The molecule has 2 aromatic rings. The third kappa shape index (κ3) is 2.85. The zero-order valence-corrected chi connectivity index (χ0v) is 11.5. The molecule has 0 fully saturated rings. The van der Waals surface area contributed by atoms with Crippen LogP contribution in [0, 0.1) is 0 Å². The highest BCUT2D eigenvalue weighted by Gasteiger charge is 2.08. The van der Waals surface area contributed by atoms with E-state index in [0.29, 0.717) is 0 Å². The van der Waals surface area contributed by atoms with E-state index in [9.17, 15) is 0 Å². The van der Waals surface area contributed by atoms with Crippen LogP contribution in [0.1, 0.15) is 25.5 Å². The Kier molecular flexibility index (Phi) is 3.78. The van der Waals surface area contributed by atoms with Crippen LogP contribution in [-0.4, -0.2) is 15.0 Å². The van der Waals surface area contributed by atoms with E-state index in [4.69, 9.17) is 0 Å². The van der Waals surface area contributed by atoms with Gasteiger partial charge in [-0.25, -0.2) is 4.68 Å². The van der Waals surface area contributed by atoms with E-state index in [1.165, 1.54) is 5.56 Å². The maximum Gasteiger partial charge on any atom is 0.145 e.